The van der Waals surface area contributed by atoms with E-state index in [1.54, 1.807) is 32.9 Å². The lowest BCUT2D eigenvalue weighted by atomic mass is 10.0. The van der Waals surface area contributed by atoms with E-state index >= 15 is 0 Å². The molecule has 1 atom stereocenters. The number of carboxylic acid groups (broad SMARTS) is 1. The summed E-state index contributed by atoms with van der Waals surface area (Å²) in [6, 6.07) is 3.96. The maximum absolute atomic E-state index is 12.2. The third-order valence-corrected chi connectivity index (χ3v) is 3.02. The minimum Gasteiger partial charge on any atom is -0.480 e. The van der Waals surface area contributed by atoms with Gasteiger partial charge in [-0.2, -0.15) is 0 Å². The number of aliphatic carboxylic acids is 1. The van der Waals surface area contributed by atoms with Crippen LogP contribution >= 0.6 is 0 Å². The summed E-state index contributed by atoms with van der Waals surface area (Å²) < 4.78 is 0. The number of hydrogen-bond acceptors (Lipinski definition) is 3. The number of benzene rings is 1. The Morgan fingerprint density at radius 3 is 2.29 bits per heavy atom. The Morgan fingerprint density at radius 2 is 1.81 bits per heavy atom. The van der Waals surface area contributed by atoms with Crippen LogP contribution in [0.5, 0.6) is 0 Å². The fraction of sp³-hybridized carbons (Fsp3) is 0.400. The van der Waals surface area contributed by atoms with E-state index in [-0.39, 0.29) is 11.8 Å². The fourth-order valence-corrected chi connectivity index (χ4v) is 1.88. The molecule has 3 N–H and O–H groups in total. The van der Waals surface area contributed by atoms with Gasteiger partial charge < -0.3 is 15.7 Å². The molecule has 0 aromatic heterocycles. The molecular weight excluding hydrogens is 272 g/mol. The molecule has 0 bridgehead atoms. The summed E-state index contributed by atoms with van der Waals surface area (Å²) in [5.41, 5.74) is 1.54. The monoisotopic (exact) mass is 292 g/mol. The standard InChI is InChI=1S/C15H20N2O4/c1-8(2)13(15(20)21)17-14(19)12-7-11(16-10(4)18)6-5-9(12)3/h5-8,13H,1-4H3,(H,16,18)(H,17,19)(H,20,21)/t13-/m0/s1. The molecule has 0 saturated heterocycles. The van der Waals surface area contributed by atoms with E-state index in [2.05, 4.69) is 10.6 Å². The van der Waals surface area contributed by atoms with Crippen LogP contribution in [0.2, 0.25) is 0 Å². The van der Waals surface area contributed by atoms with Crippen LogP contribution in [0.1, 0.15) is 36.7 Å². The molecule has 0 radical (unpaired) electrons. The van der Waals surface area contributed by atoms with Crippen LogP contribution < -0.4 is 10.6 Å². The Bertz CT molecular complexity index is 567. The number of carbonyl (C=O) groups excluding carboxylic acids is 2. The maximum Gasteiger partial charge on any atom is 0.326 e. The van der Waals surface area contributed by atoms with Crippen molar-refractivity contribution in [3.05, 3.63) is 29.3 Å². The van der Waals surface area contributed by atoms with E-state index in [9.17, 15) is 14.4 Å². The zero-order valence-corrected chi connectivity index (χ0v) is 12.6. The molecule has 0 spiro atoms. The Kier molecular flexibility index (Phi) is 5.46. The average Bonchev–Trinajstić information content (AvgIpc) is 2.36. The zero-order valence-electron chi connectivity index (χ0n) is 12.6. The van der Waals surface area contributed by atoms with E-state index < -0.39 is 17.9 Å². The van der Waals surface area contributed by atoms with Gasteiger partial charge in [0.1, 0.15) is 6.04 Å². The topological polar surface area (TPSA) is 95.5 Å². The fourth-order valence-electron chi connectivity index (χ4n) is 1.88. The first-order chi connectivity index (χ1) is 9.72. The summed E-state index contributed by atoms with van der Waals surface area (Å²) >= 11 is 0. The smallest absolute Gasteiger partial charge is 0.326 e. The van der Waals surface area contributed by atoms with Crippen molar-refractivity contribution >= 4 is 23.5 Å². The second kappa shape index (κ2) is 6.88. The van der Waals surface area contributed by atoms with E-state index in [4.69, 9.17) is 5.11 Å². The van der Waals surface area contributed by atoms with Gasteiger partial charge in [-0.15, -0.1) is 0 Å². The number of aryl methyl sites for hydroxylation is 1. The van der Waals surface area contributed by atoms with E-state index in [0.717, 1.165) is 0 Å². The predicted octanol–water partition coefficient (Wildman–Crippen LogP) is 1.79. The van der Waals surface area contributed by atoms with Crippen LogP contribution in [-0.4, -0.2) is 28.9 Å². The first-order valence-corrected chi connectivity index (χ1v) is 6.64. The van der Waals surface area contributed by atoms with Crippen LogP contribution in [0.15, 0.2) is 18.2 Å². The molecular formula is C15H20N2O4. The van der Waals surface area contributed by atoms with Crippen molar-refractivity contribution in [3.63, 3.8) is 0 Å². The van der Waals surface area contributed by atoms with Gasteiger partial charge in [0.05, 0.1) is 0 Å². The highest BCUT2D eigenvalue weighted by Gasteiger charge is 2.24. The normalized spacial score (nSPS) is 11.9. The van der Waals surface area contributed by atoms with Crippen molar-refractivity contribution < 1.29 is 19.5 Å². The molecule has 1 aromatic carbocycles. The van der Waals surface area contributed by atoms with Crippen molar-refractivity contribution in [1.29, 1.82) is 0 Å². The third kappa shape index (κ3) is 4.59. The summed E-state index contributed by atoms with van der Waals surface area (Å²) in [6.07, 6.45) is 0. The first-order valence-electron chi connectivity index (χ1n) is 6.64. The number of carbonyl (C=O) groups is 3. The molecule has 0 unspecified atom stereocenters. The number of hydrogen-bond donors (Lipinski definition) is 3. The van der Waals surface area contributed by atoms with Crippen LogP contribution in [-0.2, 0) is 9.59 Å². The predicted molar refractivity (Wildman–Crippen MR) is 79.2 cm³/mol. The Hall–Kier alpha value is -2.37. The lowest BCUT2D eigenvalue weighted by Crippen LogP contribution is -2.44. The number of nitrogens with one attached hydrogen (secondary N) is 2. The Balaban J connectivity index is 3.00. The molecule has 0 aliphatic heterocycles. The van der Waals surface area contributed by atoms with E-state index in [0.29, 0.717) is 16.8 Å². The van der Waals surface area contributed by atoms with Crippen LogP contribution in [0.25, 0.3) is 0 Å². The molecule has 21 heavy (non-hydrogen) atoms. The molecule has 6 heteroatoms. The third-order valence-electron chi connectivity index (χ3n) is 3.02. The number of rotatable bonds is 5. The molecule has 2 amide bonds. The van der Waals surface area contributed by atoms with Crippen LogP contribution in [0.4, 0.5) is 5.69 Å². The van der Waals surface area contributed by atoms with Gasteiger partial charge in [-0.1, -0.05) is 19.9 Å². The Morgan fingerprint density at radius 1 is 1.19 bits per heavy atom. The average molecular weight is 292 g/mol. The number of carboxylic acids is 1. The summed E-state index contributed by atoms with van der Waals surface area (Å²) in [5.74, 6) is -2.02. The Labute approximate surface area is 123 Å². The summed E-state index contributed by atoms with van der Waals surface area (Å²) in [6.45, 7) is 6.57. The molecule has 1 rings (SSSR count). The van der Waals surface area contributed by atoms with Gasteiger partial charge in [-0.05, 0) is 30.5 Å². The van der Waals surface area contributed by atoms with Gasteiger partial charge in [-0.3, -0.25) is 9.59 Å². The minimum atomic E-state index is -1.07. The van der Waals surface area contributed by atoms with E-state index in [1.807, 2.05) is 0 Å². The van der Waals surface area contributed by atoms with Gasteiger partial charge in [0.2, 0.25) is 5.91 Å². The maximum atomic E-state index is 12.2. The van der Waals surface area contributed by atoms with Gasteiger partial charge in [0.15, 0.2) is 0 Å². The molecule has 0 aliphatic carbocycles. The first kappa shape index (κ1) is 16.7. The van der Waals surface area contributed by atoms with Gasteiger partial charge in [0, 0.05) is 18.2 Å². The summed E-state index contributed by atoms with van der Waals surface area (Å²) in [4.78, 5) is 34.4. The van der Waals surface area contributed by atoms with Crippen molar-refractivity contribution in [1.82, 2.24) is 5.32 Å². The van der Waals surface area contributed by atoms with Crippen LogP contribution in [0.3, 0.4) is 0 Å². The number of amides is 2. The van der Waals surface area contributed by atoms with Gasteiger partial charge in [0.25, 0.3) is 5.91 Å². The second-order valence-electron chi connectivity index (χ2n) is 5.24. The SMILES string of the molecule is CC(=O)Nc1ccc(C)c(C(=O)N[C@H](C(=O)O)C(C)C)c1. The quantitative estimate of drug-likeness (QED) is 0.771. The van der Waals surface area contributed by atoms with Crippen LogP contribution in [0, 0.1) is 12.8 Å². The highest BCUT2D eigenvalue weighted by molar-refractivity contribution is 5.99. The lowest BCUT2D eigenvalue weighted by molar-refractivity contribution is -0.140. The zero-order chi connectivity index (χ0) is 16.2. The molecule has 6 nitrogen and oxygen atoms in total. The van der Waals surface area contributed by atoms with Crippen molar-refractivity contribution in [2.24, 2.45) is 5.92 Å². The van der Waals surface area contributed by atoms with Crippen molar-refractivity contribution in [2.75, 3.05) is 5.32 Å². The highest BCUT2D eigenvalue weighted by atomic mass is 16.4. The van der Waals surface area contributed by atoms with Gasteiger partial charge in [-0.25, -0.2) is 4.79 Å². The van der Waals surface area contributed by atoms with Crippen molar-refractivity contribution in [2.45, 2.75) is 33.7 Å². The molecule has 0 aliphatic rings. The highest BCUT2D eigenvalue weighted by Crippen LogP contribution is 2.16. The largest absolute Gasteiger partial charge is 0.480 e. The summed E-state index contributed by atoms with van der Waals surface area (Å²) in [7, 11) is 0. The molecule has 0 heterocycles. The van der Waals surface area contributed by atoms with Gasteiger partial charge >= 0.3 is 5.97 Å². The summed E-state index contributed by atoms with van der Waals surface area (Å²) in [5, 5.41) is 14.2. The molecule has 114 valence electrons. The number of anilines is 1. The molecule has 0 saturated carbocycles. The lowest BCUT2D eigenvalue weighted by Gasteiger charge is -2.19. The molecule has 1 aromatic rings. The van der Waals surface area contributed by atoms with Crippen molar-refractivity contribution in [3.8, 4) is 0 Å². The molecule has 0 fully saturated rings. The second-order valence-corrected chi connectivity index (χ2v) is 5.24. The minimum absolute atomic E-state index is 0.231. The van der Waals surface area contributed by atoms with E-state index in [1.165, 1.54) is 13.0 Å².